The monoisotopic (exact) mass is 182 g/mol. The van der Waals surface area contributed by atoms with Crippen molar-refractivity contribution in [3.8, 4) is 0 Å². The fourth-order valence-electron chi connectivity index (χ4n) is 0.852. The summed E-state index contributed by atoms with van der Waals surface area (Å²) in [5.74, 6) is 0. The SMILES string of the molecule is Cl.NCCCNCC1(F)CC1. The summed E-state index contributed by atoms with van der Waals surface area (Å²) in [5.41, 5.74) is 4.41. The summed E-state index contributed by atoms with van der Waals surface area (Å²) >= 11 is 0. The van der Waals surface area contributed by atoms with Gasteiger partial charge >= 0.3 is 0 Å². The van der Waals surface area contributed by atoms with Crippen LogP contribution in [0.4, 0.5) is 4.39 Å². The highest BCUT2D eigenvalue weighted by Gasteiger charge is 2.42. The number of nitrogens with one attached hydrogen (secondary N) is 1. The van der Waals surface area contributed by atoms with Gasteiger partial charge in [0.25, 0.3) is 0 Å². The molecule has 2 nitrogen and oxygen atoms in total. The lowest BCUT2D eigenvalue weighted by Crippen LogP contribution is -2.27. The molecule has 0 aromatic rings. The Morgan fingerprint density at radius 3 is 2.55 bits per heavy atom. The maximum Gasteiger partial charge on any atom is 0.123 e. The summed E-state index contributed by atoms with van der Waals surface area (Å²) in [4.78, 5) is 0. The molecule has 0 radical (unpaired) electrons. The molecule has 1 rings (SSSR count). The molecule has 1 fully saturated rings. The lowest BCUT2D eigenvalue weighted by Gasteiger charge is -2.05. The Labute approximate surface area is 73.1 Å². The zero-order valence-corrected chi connectivity index (χ0v) is 7.42. The maximum absolute atomic E-state index is 12.8. The molecular formula is C7H16ClFN2. The third-order valence-corrected chi connectivity index (χ3v) is 1.79. The van der Waals surface area contributed by atoms with Crippen LogP contribution in [0, 0.1) is 0 Å². The summed E-state index contributed by atoms with van der Waals surface area (Å²) in [6, 6.07) is 0. The van der Waals surface area contributed by atoms with Crippen molar-refractivity contribution in [2.75, 3.05) is 19.6 Å². The van der Waals surface area contributed by atoms with Gasteiger partial charge in [-0.1, -0.05) is 0 Å². The van der Waals surface area contributed by atoms with Gasteiger partial charge in [-0.3, -0.25) is 0 Å². The molecule has 1 aliphatic carbocycles. The molecular weight excluding hydrogens is 167 g/mol. The van der Waals surface area contributed by atoms with Gasteiger partial charge in [-0.15, -0.1) is 12.4 Å². The standard InChI is InChI=1S/C7H15FN2.ClH/c8-7(2-3-7)6-10-5-1-4-9;/h10H,1-6,9H2;1H. The van der Waals surface area contributed by atoms with Gasteiger partial charge in [-0.2, -0.15) is 0 Å². The lowest BCUT2D eigenvalue weighted by molar-refractivity contribution is 0.296. The highest BCUT2D eigenvalue weighted by Crippen LogP contribution is 2.38. The van der Waals surface area contributed by atoms with Crippen molar-refractivity contribution in [1.29, 1.82) is 0 Å². The van der Waals surface area contributed by atoms with Crippen molar-refractivity contribution in [2.45, 2.75) is 24.9 Å². The van der Waals surface area contributed by atoms with E-state index in [0.717, 1.165) is 25.8 Å². The molecule has 0 unspecified atom stereocenters. The maximum atomic E-state index is 12.8. The fourth-order valence-corrected chi connectivity index (χ4v) is 0.852. The molecule has 1 aliphatic rings. The Morgan fingerprint density at radius 2 is 2.09 bits per heavy atom. The Balaban J connectivity index is 0.000001000. The molecule has 0 aromatic heterocycles. The minimum Gasteiger partial charge on any atom is -0.330 e. The highest BCUT2D eigenvalue weighted by atomic mass is 35.5. The smallest absolute Gasteiger partial charge is 0.123 e. The Bertz CT molecular complexity index is 107. The average Bonchev–Trinajstić information content (AvgIpc) is 2.62. The van der Waals surface area contributed by atoms with E-state index in [1.807, 2.05) is 0 Å². The molecule has 0 heterocycles. The molecule has 0 spiro atoms. The second kappa shape index (κ2) is 4.91. The minimum absolute atomic E-state index is 0. The minimum atomic E-state index is -0.853. The number of alkyl halides is 1. The molecule has 0 atom stereocenters. The fraction of sp³-hybridized carbons (Fsp3) is 1.00. The summed E-state index contributed by atoms with van der Waals surface area (Å²) in [6.07, 6.45) is 2.42. The third-order valence-electron chi connectivity index (χ3n) is 1.79. The second-order valence-corrected chi connectivity index (χ2v) is 2.97. The molecule has 0 amide bonds. The largest absolute Gasteiger partial charge is 0.330 e. The van der Waals surface area contributed by atoms with E-state index >= 15 is 0 Å². The molecule has 4 heteroatoms. The zero-order chi connectivity index (χ0) is 7.45. The number of halogens is 2. The summed E-state index contributed by atoms with van der Waals surface area (Å²) < 4.78 is 12.8. The van der Waals surface area contributed by atoms with Gasteiger partial charge in [0.1, 0.15) is 5.67 Å². The lowest BCUT2D eigenvalue weighted by atomic mass is 10.3. The average molecular weight is 183 g/mol. The highest BCUT2D eigenvalue weighted by molar-refractivity contribution is 5.85. The van der Waals surface area contributed by atoms with E-state index in [9.17, 15) is 4.39 Å². The van der Waals surface area contributed by atoms with Crippen molar-refractivity contribution in [1.82, 2.24) is 5.32 Å². The van der Waals surface area contributed by atoms with Crippen molar-refractivity contribution in [3.63, 3.8) is 0 Å². The Hall–Kier alpha value is 0.140. The molecule has 0 aromatic carbocycles. The van der Waals surface area contributed by atoms with Crippen LogP contribution in [0.3, 0.4) is 0 Å². The van der Waals surface area contributed by atoms with E-state index in [4.69, 9.17) is 5.73 Å². The van der Waals surface area contributed by atoms with Crippen LogP contribution in [-0.2, 0) is 0 Å². The molecule has 0 aliphatic heterocycles. The van der Waals surface area contributed by atoms with Crippen LogP contribution in [0.1, 0.15) is 19.3 Å². The Morgan fingerprint density at radius 1 is 1.45 bits per heavy atom. The zero-order valence-electron chi connectivity index (χ0n) is 6.61. The normalized spacial score (nSPS) is 19.1. The van der Waals surface area contributed by atoms with E-state index in [1.54, 1.807) is 0 Å². The van der Waals surface area contributed by atoms with Crippen LogP contribution >= 0.6 is 12.4 Å². The van der Waals surface area contributed by atoms with E-state index in [0.29, 0.717) is 13.1 Å². The summed E-state index contributed by atoms with van der Waals surface area (Å²) in [7, 11) is 0. The number of hydrogen-bond donors (Lipinski definition) is 2. The van der Waals surface area contributed by atoms with Gasteiger partial charge in [0, 0.05) is 6.54 Å². The number of hydrogen-bond acceptors (Lipinski definition) is 2. The predicted molar refractivity (Wildman–Crippen MR) is 46.9 cm³/mol. The number of nitrogens with two attached hydrogens (primary N) is 1. The van der Waals surface area contributed by atoms with Crippen LogP contribution in [0.25, 0.3) is 0 Å². The first-order valence-corrected chi connectivity index (χ1v) is 3.86. The summed E-state index contributed by atoms with van der Waals surface area (Å²) in [5, 5.41) is 3.03. The second-order valence-electron chi connectivity index (χ2n) is 2.97. The van der Waals surface area contributed by atoms with Gasteiger partial charge in [-0.25, -0.2) is 4.39 Å². The van der Waals surface area contributed by atoms with Gasteiger partial charge in [0.05, 0.1) is 0 Å². The first kappa shape index (κ1) is 11.1. The quantitative estimate of drug-likeness (QED) is 0.619. The van der Waals surface area contributed by atoms with Crippen molar-refractivity contribution < 1.29 is 4.39 Å². The van der Waals surface area contributed by atoms with E-state index in [2.05, 4.69) is 5.32 Å². The molecule has 68 valence electrons. The van der Waals surface area contributed by atoms with Crippen LogP contribution in [0.2, 0.25) is 0 Å². The van der Waals surface area contributed by atoms with Gasteiger partial charge in [0.15, 0.2) is 0 Å². The number of rotatable bonds is 5. The Kier molecular flexibility index (Phi) is 4.97. The van der Waals surface area contributed by atoms with Crippen LogP contribution in [-0.4, -0.2) is 25.3 Å². The molecule has 1 saturated carbocycles. The van der Waals surface area contributed by atoms with Crippen LogP contribution < -0.4 is 11.1 Å². The molecule has 0 bridgehead atoms. The van der Waals surface area contributed by atoms with E-state index in [-0.39, 0.29) is 12.4 Å². The van der Waals surface area contributed by atoms with E-state index in [1.165, 1.54) is 0 Å². The first-order valence-electron chi connectivity index (χ1n) is 3.86. The van der Waals surface area contributed by atoms with Crippen molar-refractivity contribution >= 4 is 12.4 Å². The molecule has 0 saturated heterocycles. The molecule has 3 N–H and O–H groups in total. The van der Waals surface area contributed by atoms with Crippen molar-refractivity contribution in [2.24, 2.45) is 5.73 Å². The van der Waals surface area contributed by atoms with Crippen molar-refractivity contribution in [3.05, 3.63) is 0 Å². The van der Waals surface area contributed by atoms with Gasteiger partial charge < -0.3 is 11.1 Å². The van der Waals surface area contributed by atoms with Crippen LogP contribution in [0.15, 0.2) is 0 Å². The molecule has 11 heavy (non-hydrogen) atoms. The van der Waals surface area contributed by atoms with Crippen LogP contribution in [0.5, 0.6) is 0 Å². The van der Waals surface area contributed by atoms with Gasteiger partial charge in [-0.05, 0) is 32.4 Å². The first-order chi connectivity index (χ1) is 4.77. The van der Waals surface area contributed by atoms with E-state index < -0.39 is 5.67 Å². The third kappa shape index (κ3) is 4.56. The predicted octanol–water partition coefficient (Wildman–Crippen LogP) is 0.849. The topological polar surface area (TPSA) is 38.0 Å². The van der Waals surface area contributed by atoms with Gasteiger partial charge in [0.2, 0.25) is 0 Å². The summed E-state index contributed by atoms with van der Waals surface area (Å²) in [6.45, 7) is 2.06.